The van der Waals surface area contributed by atoms with Crippen molar-refractivity contribution in [2.24, 2.45) is 5.73 Å². The largest absolute Gasteiger partial charge is 0.491 e. The van der Waals surface area contributed by atoms with Gasteiger partial charge in [-0.1, -0.05) is 12.1 Å². The van der Waals surface area contributed by atoms with E-state index in [0.29, 0.717) is 19.5 Å². The van der Waals surface area contributed by atoms with E-state index in [4.69, 9.17) is 10.5 Å². The fourth-order valence-corrected chi connectivity index (χ4v) is 1.42. The lowest BCUT2D eigenvalue weighted by atomic mass is 10.1. The SMILES string of the molecule is CC(C)Oc1ccc(CC(=O)NCCN)cc1. The number of amides is 1. The predicted octanol–water partition coefficient (Wildman–Crippen LogP) is 1.09. The van der Waals surface area contributed by atoms with Gasteiger partial charge in [-0.05, 0) is 31.5 Å². The standard InChI is InChI=1S/C13H20N2O2/c1-10(2)17-12-5-3-11(4-6-12)9-13(16)15-8-7-14/h3-6,10H,7-9,14H2,1-2H3,(H,15,16). The number of hydrogen-bond donors (Lipinski definition) is 2. The van der Waals surface area contributed by atoms with Crippen LogP contribution in [-0.4, -0.2) is 25.1 Å². The Morgan fingerprint density at radius 3 is 2.53 bits per heavy atom. The van der Waals surface area contributed by atoms with Crippen LogP contribution in [0.15, 0.2) is 24.3 Å². The number of rotatable bonds is 6. The Labute approximate surface area is 102 Å². The third-order valence-electron chi connectivity index (χ3n) is 2.13. The number of carbonyl (C=O) groups is 1. The van der Waals surface area contributed by atoms with Crippen LogP contribution < -0.4 is 15.8 Å². The molecule has 0 bridgehead atoms. The van der Waals surface area contributed by atoms with E-state index in [0.717, 1.165) is 11.3 Å². The van der Waals surface area contributed by atoms with Crippen molar-refractivity contribution in [2.75, 3.05) is 13.1 Å². The van der Waals surface area contributed by atoms with Crippen molar-refractivity contribution in [3.63, 3.8) is 0 Å². The molecule has 0 spiro atoms. The number of carbonyl (C=O) groups excluding carboxylic acids is 1. The van der Waals surface area contributed by atoms with Crippen LogP contribution in [-0.2, 0) is 11.2 Å². The lowest BCUT2D eigenvalue weighted by Gasteiger charge is -2.10. The summed E-state index contributed by atoms with van der Waals surface area (Å²) in [5, 5.41) is 2.73. The maximum atomic E-state index is 11.4. The van der Waals surface area contributed by atoms with Crippen LogP contribution in [0, 0.1) is 0 Å². The van der Waals surface area contributed by atoms with Gasteiger partial charge in [0.15, 0.2) is 0 Å². The highest BCUT2D eigenvalue weighted by atomic mass is 16.5. The van der Waals surface area contributed by atoms with Gasteiger partial charge in [-0.3, -0.25) is 4.79 Å². The highest BCUT2D eigenvalue weighted by Gasteiger charge is 2.03. The summed E-state index contributed by atoms with van der Waals surface area (Å²) in [4.78, 5) is 11.4. The first-order valence-corrected chi connectivity index (χ1v) is 5.84. The van der Waals surface area contributed by atoms with Crippen LogP contribution in [0.4, 0.5) is 0 Å². The van der Waals surface area contributed by atoms with E-state index in [1.807, 2.05) is 38.1 Å². The Kier molecular flexibility index (Phi) is 5.49. The molecule has 0 aliphatic carbocycles. The molecule has 0 atom stereocenters. The van der Waals surface area contributed by atoms with Crippen molar-refractivity contribution in [2.45, 2.75) is 26.4 Å². The summed E-state index contributed by atoms with van der Waals surface area (Å²) < 4.78 is 5.52. The van der Waals surface area contributed by atoms with Crippen molar-refractivity contribution in [1.82, 2.24) is 5.32 Å². The van der Waals surface area contributed by atoms with Crippen LogP contribution in [0.2, 0.25) is 0 Å². The molecule has 0 aromatic heterocycles. The van der Waals surface area contributed by atoms with Crippen molar-refractivity contribution in [3.05, 3.63) is 29.8 Å². The fraction of sp³-hybridized carbons (Fsp3) is 0.462. The first-order valence-electron chi connectivity index (χ1n) is 5.84. The normalized spacial score (nSPS) is 10.4. The quantitative estimate of drug-likeness (QED) is 0.777. The molecule has 1 amide bonds. The van der Waals surface area contributed by atoms with Gasteiger partial charge < -0.3 is 15.8 Å². The van der Waals surface area contributed by atoms with Gasteiger partial charge in [0, 0.05) is 13.1 Å². The van der Waals surface area contributed by atoms with Gasteiger partial charge in [-0.25, -0.2) is 0 Å². The highest BCUT2D eigenvalue weighted by molar-refractivity contribution is 5.78. The molecule has 1 aromatic carbocycles. The summed E-state index contributed by atoms with van der Waals surface area (Å²) >= 11 is 0. The van der Waals surface area contributed by atoms with Crippen LogP contribution >= 0.6 is 0 Å². The molecule has 94 valence electrons. The average Bonchev–Trinajstić information content (AvgIpc) is 2.28. The predicted molar refractivity (Wildman–Crippen MR) is 68.0 cm³/mol. The minimum absolute atomic E-state index is 0.00650. The molecule has 3 N–H and O–H groups in total. The first kappa shape index (κ1) is 13.5. The topological polar surface area (TPSA) is 64.3 Å². The lowest BCUT2D eigenvalue weighted by molar-refractivity contribution is -0.120. The van der Waals surface area contributed by atoms with E-state index in [1.165, 1.54) is 0 Å². The average molecular weight is 236 g/mol. The smallest absolute Gasteiger partial charge is 0.224 e. The molecule has 4 heteroatoms. The molecule has 17 heavy (non-hydrogen) atoms. The van der Waals surface area contributed by atoms with Crippen LogP contribution in [0.5, 0.6) is 5.75 Å². The molecule has 0 aliphatic heterocycles. The number of nitrogens with one attached hydrogen (secondary N) is 1. The second-order valence-electron chi connectivity index (χ2n) is 4.13. The Morgan fingerprint density at radius 1 is 1.35 bits per heavy atom. The minimum atomic E-state index is -0.00650. The van der Waals surface area contributed by atoms with Gasteiger partial charge in [0.05, 0.1) is 12.5 Å². The van der Waals surface area contributed by atoms with E-state index in [9.17, 15) is 4.79 Å². The minimum Gasteiger partial charge on any atom is -0.491 e. The summed E-state index contributed by atoms with van der Waals surface area (Å²) in [7, 11) is 0. The Bertz CT molecular complexity index is 347. The molecule has 0 aliphatic rings. The Morgan fingerprint density at radius 2 is 2.00 bits per heavy atom. The fourth-order valence-electron chi connectivity index (χ4n) is 1.42. The molecule has 1 aromatic rings. The Balaban J connectivity index is 2.47. The molecule has 0 heterocycles. The van der Waals surface area contributed by atoms with Crippen LogP contribution in [0.25, 0.3) is 0 Å². The van der Waals surface area contributed by atoms with Gasteiger partial charge in [0.1, 0.15) is 5.75 Å². The maximum absolute atomic E-state index is 11.4. The van der Waals surface area contributed by atoms with E-state index in [2.05, 4.69) is 5.32 Å². The first-order chi connectivity index (χ1) is 8.11. The molecular formula is C13H20N2O2. The Hall–Kier alpha value is -1.55. The molecule has 0 unspecified atom stereocenters. The summed E-state index contributed by atoms with van der Waals surface area (Å²) in [5.41, 5.74) is 6.27. The molecular weight excluding hydrogens is 216 g/mol. The van der Waals surface area contributed by atoms with E-state index >= 15 is 0 Å². The van der Waals surface area contributed by atoms with Crippen molar-refractivity contribution < 1.29 is 9.53 Å². The molecule has 1 rings (SSSR count). The van der Waals surface area contributed by atoms with Gasteiger partial charge >= 0.3 is 0 Å². The maximum Gasteiger partial charge on any atom is 0.224 e. The van der Waals surface area contributed by atoms with Gasteiger partial charge in [-0.15, -0.1) is 0 Å². The lowest BCUT2D eigenvalue weighted by Crippen LogP contribution is -2.30. The third-order valence-corrected chi connectivity index (χ3v) is 2.13. The summed E-state index contributed by atoms with van der Waals surface area (Å²) in [6, 6.07) is 7.57. The summed E-state index contributed by atoms with van der Waals surface area (Å²) in [6.45, 7) is 4.95. The molecule has 0 saturated carbocycles. The van der Waals surface area contributed by atoms with Gasteiger partial charge in [0.2, 0.25) is 5.91 Å². The molecule has 0 fully saturated rings. The van der Waals surface area contributed by atoms with Crippen molar-refractivity contribution in [3.8, 4) is 5.75 Å². The zero-order valence-electron chi connectivity index (χ0n) is 10.4. The molecule has 4 nitrogen and oxygen atoms in total. The van der Waals surface area contributed by atoms with E-state index in [-0.39, 0.29) is 12.0 Å². The monoisotopic (exact) mass is 236 g/mol. The zero-order valence-corrected chi connectivity index (χ0v) is 10.4. The number of hydrogen-bond acceptors (Lipinski definition) is 3. The molecule has 0 radical (unpaired) electrons. The summed E-state index contributed by atoms with van der Waals surface area (Å²) in [6.07, 6.45) is 0.538. The van der Waals surface area contributed by atoms with E-state index in [1.54, 1.807) is 0 Å². The van der Waals surface area contributed by atoms with Gasteiger partial charge in [-0.2, -0.15) is 0 Å². The third kappa shape index (κ3) is 5.36. The van der Waals surface area contributed by atoms with Crippen LogP contribution in [0.3, 0.4) is 0 Å². The second kappa shape index (κ2) is 6.91. The highest BCUT2D eigenvalue weighted by Crippen LogP contribution is 2.14. The van der Waals surface area contributed by atoms with Gasteiger partial charge in [0.25, 0.3) is 0 Å². The second-order valence-corrected chi connectivity index (χ2v) is 4.13. The number of nitrogens with two attached hydrogens (primary N) is 1. The van der Waals surface area contributed by atoms with Crippen LogP contribution in [0.1, 0.15) is 19.4 Å². The number of ether oxygens (including phenoxy) is 1. The number of benzene rings is 1. The van der Waals surface area contributed by atoms with Crippen molar-refractivity contribution >= 4 is 5.91 Å². The van der Waals surface area contributed by atoms with Crippen molar-refractivity contribution in [1.29, 1.82) is 0 Å². The zero-order chi connectivity index (χ0) is 12.7. The molecule has 0 saturated heterocycles. The van der Waals surface area contributed by atoms with E-state index < -0.39 is 0 Å². The summed E-state index contributed by atoms with van der Waals surface area (Å²) in [5.74, 6) is 0.819.